The predicted molar refractivity (Wildman–Crippen MR) is 78.3 cm³/mol. The highest BCUT2D eigenvalue weighted by Gasteiger charge is 2.42. The van der Waals surface area contributed by atoms with E-state index in [-0.39, 0.29) is 0 Å². The molecule has 19 heavy (non-hydrogen) atoms. The molecule has 0 bridgehead atoms. The standard InChI is InChI=1S/C16H30N2O/c1-13(2)16(7-8-17-11-16)12-18-9-10-19-15-6-4-3-5-14(15)18/h13-15,17H,3-12H2,1-2H3. The summed E-state index contributed by atoms with van der Waals surface area (Å²) in [6.07, 6.45) is 7.28. The second-order valence-corrected chi connectivity index (χ2v) is 7.18. The molecule has 0 spiro atoms. The number of fused-ring (bicyclic) bond motifs is 1. The van der Waals surface area contributed by atoms with Crippen LogP contribution in [0.3, 0.4) is 0 Å². The first-order chi connectivity index (χ1) is 9.21. The van der Waals surface area contributed by atoms with Crippen molar-refractivity contribution in [1.82, 2.24) is 10.2 Å². The van der Waals surface area contributed by atoms with Crippen LogP contribution in [0, 0.1) is 11.3 Å². The van der Waals surface area contributed by atoms with Crippen LogP contribution < -0.4 is 5.32 Å². The average molecular weight is 266 g/mol. The third-order valence-corrected chi connectivity index (χ3v) is 5.87. The van der Waals surface area contributed by atoms with Gasteiger partial charge < -0.3 is 10.1 Å². The van der Waals surface area contributed by atoms with Gasteiger partial charge in [0.15, 0.2) is 0 Å². The van der Waals surface area contributed by atoms with Crippen LogP contribution in [0.2, 0.25) is 0 Å². The fourth-order valence-corrected chi connectivity index (χ4v) is 4.35. The van der Waals surface area contributed by atoms with Gasteiger partial charge in [0, 0.05) is 25.7 Å². The normalized spacial score (nSPS) is 40.6. The van der Waals surface area contributed by atoms with Crippen LogP contribution in [0.1, 0.15) is 46.0 Å². The highest BCUT2D eigenvalue weighted by atomic mass is 16.5. The first kappa shape index (κ1) is 13.8. The molecular weight excluding hydrogens is 236 g/mol. The van der Waals surface area contributed by atoms with Crippen LogP contribution in [-0.4, -0.2) is 49.8 Å². The van der Waals surface area contributed by atoms with Gasteiger partial charge in [-0.2, -0.15) is 0 Å². The summed E-state index contributed by atoms with van der Waals surface area (Å²) < 4.78 is 6.01. The van der Waals surface area contributed by atoms with E-state index in [4.69, 9.17) is 4.74 Å². The van der Waals surface area contributed by atoms with E-state index in [1.165, 1.54) is 51.7 Å². The molecule has 0 aromatic heterocycles. The second-order valence-electron chi connectivity index (χ2n) is 7.18. The molecule has 0 amide bonds. The summed E-state index contributed by atoms with van der Waals surface area (Å²) in [6.45, 7) is 10.6. The minimum Gasteiger partial charge on any atom is -0.375 e. The Balaban J connectivity index is 1.70. The number of hydrogen-bond acceptors (Lipinski definition) is 3. The molecule has 1 saturated carbocycles. The van der Waals surface area contributed by atoms with Crippen LogP contribution in [0.4, 0.5) is 0 Å². The molecule has 0 radical (unpaired) electrons. The van der Waals surface area contributed by atoms with Crippen LogP contribution in [0.15, 0.2) is 0 Å². The number of ether oxygens (including phenoxy) is 1. The van der Waals surface area contributed by atoms with Crippen molar-refractivity contribution in [2.75, 3.05) is 32.8 Å². The minimum atomic E-state index is 0.499. The lowest BCUT2D eigenvalue weighted by Gasteiger charge is -2.48. The Morgan fingerprint density at radius 3 is 2.89 bits per heavy atom. The highest BCUT2D eigenvalue weighted by Crippen LogP contribution is 2.38. The minimum absolute atomic E-state index is 0.499. The number of nitrogens with one attached hydrogen (secondary N) is 1. The van der Waals surface area contributed by atoms with Crippen molar-refractivity contribution in [1.29, 1.82) is 0 Å². The predicted octanol–water partition coefficient (Wildman–Crippen LogP) is 2.27. The molecule has 3 heteroatoms. The number of hydrogen-bond donors (Lipinski definition) is 1. The molecule has 3 fully saturated rings. The summed E-state index contributed by atoms with van der Waals surface area (Å²) in [5.74, 6) is 0.771. The molecule has 0 aromatic carbocycles. The fraction of sp³-hybridized carbons (Fsp3) is 1.00. The summed E-state index contributed by atoms with van der Waals surface area (Å²) >= 11 is 0. The van der Waals surface area contributed by atoms with E-state index in [1.54, 1.807) is 0 Å². The average Bonchev–Trinajstić information content (AvgIpc) is 2.89. The van der Waals surface area contributed by atoms with Crippen molar-refractivity contribution in [3.8, 4) is 0 Å². The van der Waals surface area contributed by atoms with Crippen molar-refractivity contribution in [3.05, 3.63) is 0 Å². The van der Waals surface area contributed by atoms with Crippen LogP contribution >= 0.6 is 0 Å². The van der Waals surface area contributed by atoms with E-state index < -0.39 is 0 Å². The molecule has 1 N–H and O–H groups in total. The van der Waals surface area contributed by atoms with Gasteiger partial charge in [-0.05, 0) is 37.1 Å². The lowest BCUT2D eigenvalue weighted by molar-refractivity contribution is -0.101. The van der Waals surface area contributed by atoms with Gasteiger partial charge >= 0.3 is 0 Å². The zero-order chi connectivity index (χ0) is 13.3. The molecule has 2 heterocycles. The SMILES string of the molecule is CC(C)C1(CN2CCOC3CCCCC32)CCNC1. The molecule has 3 nitrogen and oxygen atoms in total. The third-order valence-electron chi connectivity index (χ3n) is 5.87. The van der Waals surface area contributed by atoms with Crippen molar-refractivity contribution < 1.29 is 4.74 Å². The Hall–Kier alpha value is -0.120. The van der Waals surface area contributed by atoms with Gasteiger partial charge in [0.25, 0.3) is 0 Å². The number of rotatable bonds is 3. The van der Waals surface area contributed by atoms with Gasteiger partial charge in [-0.25, -0.2) is 0 Å². The maximum absolute atomic E-state index is 6.01. The van der Waals surface area contributed by atoms with Crippen LogP contribution in [-0.2, 0) is 4.74 Å². The van der Waals surface area contributed by atoms with Crippen molar-refractivity contribution >= 4 is 0 Å². The summed E-state index contributed by atoms with van der Waals surface area (Å²) in [7, 11) is 0. The van der Waals surface area contributed by atoms with Gasteiger partial charge in [-0.15, -0.1) is 0 Å². The van der Waals surface area contributed by atoms with E-state index in [0.717, 1.165) is 19.1 Å². The zero-order valence-corrected chi connectivity index (χ0v) is 12.7. The zero-order valence-electron chi connectivity index (χ0n) is 12.7. The molecule has 3 atom stereocenters. The van der Waals surface area contributed by atoms with Crippen molar-refractivity contribution in [2.45, 2.75) is 58.1 Å². The molecule has 0 aromatic rings. The first-order valence-corrected chi connectivity index (χ1v) is 8.28. The molecule has 2 saturated heterocycles. The summed E-state index contributed by atoms with van der Waals surface area (Å²) in [4.78, 5) is 2.78. The molecule has 3 rings (SSSR count). The van der Waals surface area contributed by atoms with Gasteiger partial charge in [-0.3, -0.25) is 4.90 Å². The van der Waals surface area contributed by atoms with Gasteiger partial charge in [0.1, 0.15) is 0 Å². The molecule has 110 valence electrons. The van der Waals surface area contributed by atoms with Crippen molar-refractivity contribution in [3.63, 3.8) is 0 Å². The van der Waals surface area contributed by atoms with Crippen LogP contribution in [0.5, 0.6) is 0 Å². The number of nitrogens with zero attached hydrogens (tertiary/aromatic N) is 1. The van der Waals surface area contributed by atoms with Gasteiger partial charge in [0.05, 0.1) is 12.7 Å². The monoisotopic (exact) mass is 266 g/mol. The lowest BCUT2D eigenvalue weighted by Crippen LogP contribution is -2.56. The maximum atomic E-state index is 6.01. The molecule has 1 aliphatic carbocycles. The highest BCUT2D eigenvalue weighted by molar-refractivity contribution is 4.96. The second kappa shape index (κ2) is 5.71. The Bertz CT molecular complexity index is 297. The molecule has 3 unspecified atom stereocenters. The Kier molecular flexibility index (Phi) is 4.16. The van der Waals surface area contributed by atoms with Gasteiger partial charge in [0.2, 0.25) is 0 Å². The fourth-order valence-electron chi connectivity index (χ4n) is 4.35. The summed E-state index contributed by atoms with van der Waals surface area (Å²) in [6, 6.07) is 0.707. The largest absolute Gasteiger partial charge is 0.375 e. The van der Waals surface area contributed by atoms with E-state index in [9.17, 15) is 0 Å². The Morgan fingerprint density at radius 1 is 1.32 bits per heavy atom. The summed E-state index contributed by atoms with van der Waals surface area (Å²) in [5, 5.41) is 3.60. The Labute approximate surface area is 118 Å². The third kappa shape index (κ3) is 2.70. The van der Waals surface area contributed by atoms with E-state index in [1.807, 2.05) is 0 Å². The maximum Gasteiger partial charge on any atom is 0.0730 e. The van der Waals surface area contributed by atoms with E-state index in [0.29, 0.717) is 17.6 Å². The van der Waals surface area contributed by atoms with Crippen LogP contribution in [0.25, 0.3) is 0 Å². The first-order valence-electron chi connectivity index (χ1n) is 8.28. The van der Waals surface area contributed by atoms with E-state index in [2.05, 4.69) is 24.1 Å². The smallest absolute Gasteiger partial charge is 0.0730 e. The molecule has 2 aliphatic heterocycles. The number of morpholine rings is 1. The molecule has 3 aliphatic rings. The van der Waals surface area contributed by atoms with Gasteiger partial charge in [-0.1, -0.05) is 26.7 Å². The Morgan fingerprint density at radius 2 is 2.16 bits per heavy atom. The van der Waals surface area contributed by atoms with Crippen molar-refractivity contribution in [2.24, 2.45) is 11.3 Å². The lowest BCUT2D eigenvalue weighted by atomic mass is 9.75. The molecular formula is C16H30N2O. The van der Waals surface area contributed by atoms with E-state index >= 15 is 0 Å². The summed E-state index contributed by atoms with van der Waals surface area (Å²) in [5.41, 5.74) is 0.499. The quantitative estimate of drug-likeness (QED) is 0.848. The topological polar surface area (TPSA) is 24.5 Å².